The van der Waals surface area contributed by atoms with Gasteiger partial charge in [0, 0.05) is 50.5 Å². The number of methoxy groups -OCH3 is 1. The van der Waals surface area contributed by atoms with Gasteiger partial charge in [0.25, 0.3) is 0 Å². The van der Waals surface area contributed by atoms with Crippen LogP contribution >= 0.6 is 0 Å². The second-order valence-corrected chi connectivity index (χ2v) is 8.57. The molecule has 5 heteroatoms. The Morgan fingerprint density at radius 3 is 2.14 bits per heavy atom. The number of hydrogen-bond acceptors (Lipinski definition) is 4. The van der Waals surface area contributed by atoms with Crippen molar-refractivity contribution >= 4 is 17.3 Å². The van der Waals surface area contributed by atoms with E-state index in [2.05, 4.69) is 67.4 Å². The highest BCUT2D eigenvalue weighted by Gasteiger charge is 2.21. The summed E-state index contributed by atoms with van der Waals surface area (Å²) in [5.41, 5.74) is 3.71. The smallest absolute Gasteiger partial charge is 0.224 e. The second-order valence-electron chi connectivity index (χ2n) is 8.57. The number of carbonyl (C=O) groups excluding carboxylic acids is 1. The zero-order chi connectivity index (χ0) is 20.9. The first kappa shape index (κ1) is 21.0. The minimum absolute atomic E-state index is 0.155. The summed E-state index contributed by atoms with van der Waals surface area (Å²) in [6.45, 7) is 10.6. The lowest BCUT2D eigenvalue weighted by Gasteiger charge is -2.36. The molecule has 1 fully saturated rings. The molecule has 0 bridgehead atoms. The van der Waals surface area contributed by atoms with Crippen LogP contribution in [0.1, 0.15) is 32.8 Å². The Labute approximate surface area is 174 Å². The highest BCUT2D eigenvalue weighted by atomic mass is 16.5. The third-order valence-corrected chi connectivity index (χ3v) is 5.49. The topological polar surface area (TPSA) is 44.8 Å². The Bertz CT molecular complexity index is 786. The van der Waals surface area contributed by atoms with Crippen LogP contribution in [0.2, 0.25) is 0 Å². The normalized spacial score (nSPS) is 14.6. The SMILES string of the molecule is COc1ccc(N2CCN(C(=O)CCNc3ccc(C(C)(C)C)cc3)CC2)cc1. The van der Waals surface area contributed by atoms with E-state index in [1.54, 1.807) is 7.11 Å². The molecular formula is C24H33N3O2. The molecule has 1 aliphatic heterocycles. The van der Waals surface area contributed by atoms with Crippen molar-refractivity contribution in [3.63, 3.8) is 0 Å². The number of benzene rings is 2. The van der Waals surface area contributed by atoms with Crippen LogP contribution in [0.5, 0.6) is 5.75 Å². The Morgan fingerprint density at radius 1 is 0.966 bits per heavy atom. The summed E-state index contributed by atoms with van der Waals surface area (Å²) >= 11 is 0. The summed E-state index contributed by atoms with van der Waals surface area (Å²) in [7, 11) is 1.68. The van der Waals surface area contributed by atoms with Crippen molar-refractivity contribution in [2.24, 2.45) is 0 Å². The first-order chi connectivity index (χ1) is 13.9. The van der Waals surface area contributed by atoms with Gasteiger partial charge in [-0.25, -0.2) is 0 Å². The zero-order valence-electron chi connectivity index (χ0n) is 18.1. The summed E-state index contributed by atoms with van der Waals surface area (Å²) in [5.74, 6) is 1.08. The predicted octanol–water partition coefficient (Wildman–Crippen LogP) is 4.14. The number of piperazine rings is 1. The van der Waals surface area contributed by atoms with Gasteiger partial charge in [0.2, 0.25) is 5.91 Å². The van der Waals surface area contributed by atoms with E-state index in [1.165, 1.54) is 11.3 Å². The molecule has 0 aliphatic carbocycles. The van der Waals surface area contributed by atoms with Crippen molar-refractivity contribution in [1.82, 2.24) is 4.90 Å². The van der Waals surface area contributed by atoms with E-state index in [0.29, 0.717) is 13.0 Å². The number of hydrogen-bond donors (Lipinski definition) is 1. The van der Waals surface area contributed by atoms with Gasteiger partial charge in [0.15, 0.2) is 0 Å². The van der Waals surface area contributed by atoms with Crippen molar-refractivity contribution in [3.8, 4) is 5.75 Å². The molecule has 0 spiro atoms. The van der Waals surface area contributed by atoms with Gasteiger partial charge >= 0.3 is 0 Å². The largest absolute Gasteiger partial charge is 0.497 e. The van der Waals surface area contributed by atoms with E-state index in [1.807, 2.05) is 17.0 Å². The van der Waals surface area contributed by atoms with Crippen molar-refractivity contribution in [3.05, 3.63) is 54.1 Å². The molecule has 0 aromatic heterocycles. The summed E-state index contributed by atoms with van der Waals surface area (Å²) in [5, 5.41) is 3.37. The average molecular weight is 396 g/mol. The first-order valence-electron chi connectivity index (χ1n) is 10.4. The third-order valence-electron chi connectivity index (χ3n) is 5.49. The molecule has 0 radical (unpaired) electrons. The van der Waals surface area contributed by atoms with Crippen LogP contribution in [-0.4, -0.2) is 50.6 Å². The molecule has 5 nitrogen and oxygen atoms in total. The minimum atomic E-state index is 0.155. The summed E-state index contributed by atoms with van der Waals surface area (Å²) in [4.78, 5) is 16.8. The molecule has 156 valence electrons. The Hall–Kier alpha value is -2.69. The lowest BCUT2D eigenvalue weighted by atomic mass is 9.87. The van der Waals surface area contributed by atoms with Crippen LogP contribution in [0.25, 0.3) is 0 Å². The number of rotatable bonds is 6. The number of anilines is 2. The summed E-state index contributed by atoms with van der Waals surface area (Å²) in [6.07, 6.45) is 0.517. The van der Waals surface area contributed by atoms with Crippen LogP contribution in [0.4, 0.5) is 11.4 Å². The van der Waals surface area contributed by atoms with Gasteiger partial charge in [-0.1, -0.05) is 32.9 Å². The monoisotopic (exact) mass is 395 g/mol. The fourth-order valence-electron chi connectivity index (χ4n) is 3.57. The molecule has 1 saturated heterocycles. The second kappa shape index (κ2) is 9.21. The number of nitrogens with zero attached hydrogens (tertiary/aromatic N) is 2. The minimum Gasteiger partial charge on any atom is -0.497 e. The number of amides is 1. The van der Waals surface area contributed by atoms with E-state index in [0.717, 1.165) is 37.6 Å². The highest BCUT2D eigenvalue weighted by molar-refractivity contribution is 5.77. The number of nitrogens with one attached hydrogen (secondary N) is 1. The standard InChI is InChI=1S/C24H33N3O2/c1-24(2,3)19-5-7-20(8-6-19)25-14-13-23(28)27-17-15-26(16-18-27)21-9-11-22(29-4)12-10-21/h5-12,25H,13-18H2,1-4H3. The Balaban J connectivity index is 1.41. The quantitative estimate of drug-likeness (QED) is 0.798. The number of ether oxygens (including phenoxy) is 1. The van der Waals surface area contributed by atoms with Crippen LogP contribution in [0.15, 0.2) is 48.5 Å². The van der Waals surface area contributed by atoms with Gasteiger partial charge < -0.3 is 19.9 Å². The molecule has 0 unspecified atom stereocenters. The average Bonchev–Trinajstić information content (AvgIpc) is 2.73. The molecule has 2 aromatic carbocycles. The summed E-state index contributed by atoms with van der Waals surface area (Å²) < 4.78 is 5.22. The van der Waals surface area contributed by atoms with Crippen LogP contribution in [-0.2, 0) is 10.2 Å². The van der Waals surface area contributed by atoms with E-state index in [9.17, 15) is 4.79 Å². The molecule has 1 heterocycles. The van der Waals surface area contributed by atoms with Crippen LogP contribution < -0.4 is 15.0 Å². The van der Waals surface area contributed by atoms with Gasteiger partial charge in [-0.05, 0) is 47.4 Å². The van der Waals surface area contributed by atoms with Gasteiger partial charge in [0.1, 0.15) is 5.75 Å². The lowest BCUT2D eigenvalue weighted by Crippen LogP contribution is -2.49. The molecule has 1 amide bonds. The van der Waals surface area contributed by atoms with Crippen LogP contribution in [0, 0.1) is 0 Å². The molecular weight excluding hydrogens is 362 g/mol. The van der Waals surface area contributed by atoms with Crippen molar-refractivity contribution < 1.29 is 9.53 Å². The van der Waals surface area contributed by atoms with E-state index in [4.69, 9.17) is 4.74 Å². The number of carbonyl (C=O) groups is 1. The maximum Gasteiger partial charge on any atom is 0.224 e. The fourth-order valence-corrected chi connectivity index (χ4v) is 3.57. The molecule has 29 heavy (non-hydrogen) atoms. The molecule has 0 saturated carbocycles. The van der Waals surface area contributed by atoms with Crippen LogP contribution in [0.3, 0.4) is 0 Å². The Morgan fingerprint density at radius 2 is 1.59 bits per heavy atom. The lowest BCUT2D eigenvalue weighted by molar-refractivity contribution is -0.131. The molecule has 2 aromatic rings. The molecule has 0 atom stereocenters. The van der Waals surface area contributed by atoms with Crippen molar-refractivity contribution in [2.45, 2.75) is 32.6 Å². The maximum absolute atomic E-state index is 12.6. The molecule has 3 rings (SSSR count). The summed E-state index contributed by atoms with van der Waals surface area (Å²) in [6, 6.07) is 16.6. The van der Waals surface area contributed by atoms with Gasteiger partial charge in [0.05, 0.1) is 7.11 Å². The van der Waals surface area contributed by atoms with Gasteiger partial charge in [-0.3, -0.25) is 4.79 Å². The molecule has 1 aliphatic rings. The predicted molar refractivity (Wildman–Crippen MR) is 120 cm³/mol. The maximum atomic E-state index is 12.6. The fraction of sp³-hybridized carbons (Fsp3) is 0.458. The first-order valence-corrected chi connectivity index (χ1v) is 10.4. The van der Waals surface area contributed by atoms with Crippen molar-refractivity contribution in [2.75, 3.05) is 50.1 Å². The Kier molecular flexibility index (Phi) is 6.68. The zero-order valence-corrected chi connectivity index (χ0v) is 18.1. The van der Waals surface area contributed by atoms with Gasteiger partial charge in [-0.15, -0.1) is 0 Å². The highest BCUT2D eigenvalue weighted by Crippen LogP contribution is 2.23. The van der Waals surface area contributed by atoms with E-state index < -0.39 is 0 Å². The third kappa shape index (κ3) is 5.66. The van der Waals surface area contributed by atoms with Crippen molar-refractivity contribution in [1.29, 1.82) is 0 Å². The van der Waals surface area contributed by atoms with E-state index >= 15 is 0 Å². The van der Waals surface area contributed by atoms with E-state index in [-0.39, 0.29) is 11.3 Å². The van der Waals surface area contributed by atoms with Gasteiger partial charge in [-0.2, -0.15) is 0 Å². The molecule has 1 N–H and O–H groups in total.